The van der Waals surface area contributed by atoms with Gasteiger partial charge in [-0.05, 0) is 58.2 Å². The lowest BCUT2D eigenvalue weighted by Crippen LogP contribution is -2.16. The minimum atomic E-state index is -0.217. The second-order valence-electron chi connectivity index (χ2n) is 5.03. The number of aromatic amines is 1. The van der Waals surface area contributed by atoms with Gasteiger partial charge in [0.15, 0.2) is 0 Å². The van der Waals surface area contributed by atoms with Crippen molar-refractivity contribution in [2.45, 2.75) is 13.0 Å². The van der Waals surface area contributed by atoms with Gasteiger partial charge < -0.3 is 10.3 Å². The van der Waals surface area contributed by atoms with Gasteiger partial charge in [0.25, 0.3) is 0 Å². The van der Waals surface area contributed by atoms with E-state index in [0.29, 0.717) is 11.0 Å². The summed E-state index contributed by atoms with van der Waals surface area (Å²) < 4.78 is 13.9. The first-order valence-corrected chi connectivity index (χ1v) is 7.73. The van der Waals surface area contributed by atoms with E-state index in [2.05, 4.69) is 50.6 Å². The molecule has 0 radical (unpaired) electrons. The van der Waals surface area contributed by atoms with Crippen LogP contribution in [-0.2, 0) is 13.0 Å². The molecule has 0 atom stereocenters. The van der Waals surface area contributed by atoms with Crippen LogP contribution in [0, 0.1) is 5.82 Å². The fourth-order valence-electron chi connectivity index (χ4n) is 2.44. The summed E-state index contributed by atoms with van der Waals surface area (Å²) in [6.45, 7) is 1.53. The molecule has 1 heterocycles. The highest BCUT2D eigenvalue weighted by Gasteiger charge is 2.03. The largest absolute Gasteiger partial charge is 0.361 e. The van der Waals surface area contributed by atoms with E-state index in [0.717, 1.165) is 18.5 Å². The number of para-hydroxylation sites is 1. The Morgan fingerprint density at radius 1 is 1.14 bits per heavy atom. The lowest BCUT2D eigenvalue weighted by atomic mass is 10.1. The Hall–Kier alpha value is -1.65. The van der Waals surface area contributed by atoms with E-state index in [1.54, 1.807) is 12.1 Å². The molecule has 3 aromatic rings. The summed E-state index contributed by atoms with van der Waals surface area (Å²) in [4.78, 5) is 3.28. The molecule has 0 fully saturated rings. The van der Waals surface area contributed by atoms with Gasteiger partial charge in [0.05, 0.1) is 4.47 Å². The molecule has 0 saturated heterocycles. The quantitative estimate of drug-likeness (QED) is 0.658. The zero-order chi connectivity index (χ0) is 14.7. The highest BCUT2D eigenvalue weighted by Crippen LogP contribution is 2.18. The van der Waals surface area contributed by atoms with E-state index < -0.39 is 0 Å². The maximum atomic E-state index is 13.4. The summed E-state index contributed by atoms with van der Waals surface area (Å²) in [7, 11) is 0. The highest BCUT2D eigenvalue weighted by molar-refractivity contribution is 9.10. The number of nitrogens with one attached hydrogen (secondary N) is 2. The van der Waals surface area contributed by atoms with Gasteiger partial charge in [0.2, 0.25) is 0 Å². The van der Waals surface area contributed by atoms with Gasteiger partial charge in [-0.3, -0.25) is 0 Å². The fourth-order valence-corrected chi connectivity index (χ4v) is 2.69. The molecule has 0 unspecified atom stereocenters. The van der Waals surface area contributed by atoms with Crippen LogP contribution in [0.15, 0.2) is 53.1 Å². The van der Waals surface area contributed by atoms with E-state index in [-0.39, 0.29) is 5.82 Å². The molecule has 0 aliphatic carbocycles. The molecule has 0 aliphatic rings. The van der Waals surface area contributed by atoms with Gasteiger partial charge in [-0.1, -0.05) is 24.3 Å². The average molecular weight is 347 g/mol. The molecule has 2 N–H and O–H groups in total. The Morgan fingerprint density at radius 3 is 2.86 bits per heavy atom. The zero-order valence-electron chi connectivity index (χ0n) is 11.5. The molecule has 0 aliphatic heterocycles. The summed E-state index contributed by atoms with van der Waals surface area (Å²) in [5.74, 6) is -0.217. The van der Waals surface area contributed by atoms with Crippen LogP contribution in [0.2, 0.25) is 0 Å². The minimum absolute atomic E-state index is 0.217. The molecule has 0 spiro atoms. The second kappa shape index (κ2) is 6.41. The summed E-state index contributed by atoms with van der Waals surface area (Å²) >= 11 is 3.16. The lowest BCUT2D eigenvalue weighted by molar-refractivity contribution is 0.614. The zero-order valence-corrected chi connectivity index (χ0v) is 13.1. The van der Waals surface area contributed by atoms with Crippen molar-refractivity contribution in [1.29, 1.82) is 0 Å². The molecule has 4 heteroatoms. The van der Waals surface area contributed by atoms with Gasteiger partial charge >= 0.3 is 0 Å². The Kier molecular flexibility index (Phi) is 4.36. The first-order chi connectivity index (χ1) is 10.2. The predicted octanol–water partition coefficient (Wildman–Crippen LogP) is 4.40. The number of fused-ring (bicyclic) bond motifs is 1. The van der Waals surface area contributed by atoms with Crippen LogP contribution in [0.1, 0.15) is 11.1 Å². The molecule has 0 amide bonds. The number of H-pyrrole nitrogens is 1. The monoisotopic (exact) mass is 346 g/mol. The SMILES string of the molecule is Fc1cc(CNCCc2c[nH]c3ccccc23)ccc1Br. The summed E-state index contributed by atoms with van der Waals surface area (Å²) in [5, 5.41) is 4.63. The van der Waals surface area contributed by atoms with E-state index in [4.69, 9.17) is 0 Å². The normalized spacial score (nSPS) is 11.1. The number of hydrogen-bond acceptors (Lipinski definition) is 1. The van der Waals surface area contributed by atoms with Crippen molar-refractivity contribution in [1.82, 2.24) is 10.3 Å². The molecule has 0 saturated carbocycles. The Morgan fingerprint density at radius 2 is 2.00 bits per heavy atom. The van der Waals surface area contributed by atoms with Crippen LogP contribution in [0.3, 0.4) is 0 Å². The van der Waals surface area contributed by atoms with Gasteiger partial charge in [-0.15, -0.1) is 0 Å². The fraction of sp³-hybridized carbons (Fsp3) is 0.176. The average Bonchev–Trinajstić information content (AvgIpc) is 2.91. The first-order valence-electron chi connectivity index (χ1n) is 6.93. The van der Waals surface area contributed by atoms with E-state index in [9.17, 15) is 4.39 Å². The molecular weight excluding hydrogens is 331 g/mol. The molecule has 1 aromatic heterocycles. The third-order valence-electron chi connectivity index (χ3n) is 3.56. The van der Waals surface area contributed by atoms with E-state index >= 15 is 0 Å². The van der Waals surface area contributed by atoms with Crippen molar-refractivity contribution < 1.29 is 4.39 Å². The highest BCUT2D eigenvalue weighted by atomic mass is 79.9. The van der Waals surface area contributed by atoms with Crippen LogP contribution >= 0.6 is 15.9 Å². The van der Waals surface area contributed by atoms with Crippen molar-refractivity contribution in [3.05, 3.63) is 70.1 Å². The van der Waals surface area contributed by atoms with Gasteiger partial charge in [-0.2, -0.15) is 0 Å². The van der Waals surface area contributed by atoms with Crippen LogP contribution in [0.5, 0.6) is 0 Å². The Bertz CT molecular complexity index is 751. The molecule has 0 bridgehead atoms. The van der Waals surface area contributed by atoms with Crippen LogP contribution in [-0.4, -0.2) is 11.5 Å². The van der Waals surface area contributed by atoms with Crippen molar-refractivity contribution >= 4 is 26.8 Å². The third kappa shape index (κ3) is 3.34. The molecule has 2 aromatic carbocycles. The topological polar surface area (TPSA) is 27.8 Å². The molecule has 21 heavy (non-hydrogen) atoms. The molecule has 108 valence electrons. The van der Waals surface area contributed by atoms with Crippen LogP contribution in [0.4, 0.5) is 4.39 Å². The standard InChI is InChI=1S/C17H16BrFN2/c18-15-6-5-12(9-16(15)19)10-20-8-7-13-11-21-17-4-2-1-3-14(13)17/h1-6,9,11,20-21H,7-8,10H2. The number of rotatable bonds is 5. The summed E-state index contributed by atoms with van der Waals surface area (Å²) in [6.07, 6.45) is 3.01. The summed E-state index contributed by atoms with van der Waals surface area (Å²) in [5.41, 5.74) is 3.43. The maximum absolute atomic E-state index is 13.4. The van der Waals surface area contributed by atoms with Gasteiger partial charge in [0, 0.05) is 23.6 Å². The minimum Gasteiger partial charge on any atom is -0.361 e. The van der Waals surface area contributed by atoms with E-state index in [1.165, 1.54) is 16.5 Å². The molecule has 2 nitrogen and oxygen atoms in total. The number of hydrogen-bond donors (Lipinski definition) is 2. The predicted molar refractivity (Wildman–Crippen MR) is 87.8 cm³/mol. The smallest absolute Gasteiger partial charge is 0.137 e. The maximum Gasteiger partial charge on any atom is 0.137 e. The lowest BCUT2D eigenvalue weighted by Gasteiger charge is -2.05. The number of aromatic nitrogens is 1. The Labute approximate surface area is 131 Å². The second-order valence-corrected chi connectivity index (χ2v) is 5.89. The third-order valence-corrected chi connectivity index (χ3v) is 4.20. The number of halogens is 2. The van der Waals surface area contributed by atoms with Crippen molar-refractivity contribution in [2.24, 2.45) is 0 Å². The molecular formula is C17H16BrFN2. The van der Waals surface area contributed by atoms with E-state index in [1.807, 2.05) is 12.1 Å². The Balaban J connectivity index is 1.55. The van der Waals surface area contributed by atoms with Crippen molar-refractivity contribution in [2.75, 3.05) is 6.54 Å². The summed E-state index contributed by atoms with van der Waals surface area (Å²) in [6, 6.07) is 13.5. The van der Waals surface area contributed by atoms with Gasteiger partial charge in [0.1, 0.15) is 5.82 Å². The van der Waals surface area contributed by atoms with Crippen LogP contribution < -0.4 is 5.32 Å². The van der Waals surface area contributed by atoms with Crippen molar-refractivity contribution in [3.63, 3.8) is 0 Å². The first kappa shape index (κ1) is 14.3. The molecule has 3 rings (SSSR count). The number of benzene rings is 2. The van der Waals surface area contributed by atoms with Crippen LogP contribution in [0.25, 0.3) is 10.9 Å². The van der Waals surface area contributed by atoms with Gasteiger partial charge in [-0.25, -0.2) is 4.39 Å². The van der Waals surface area contributed by atoms with Crippen molar-refractivity contribution in [3.8, 4) is 0 Å².